The first-order valence-electron chi connectivity index (χ1n) is 26.3. The Morgan fingerprint density at radius 3 is 1.56 bits per heavy atom. The smallest absolute Gasteiger partial charge is 0.328 e. The van der Waals surface area contributed by atoms with Gasteiger partial charge in [0.15, 0.2) is 12.0 Å². The Labute approximate surface area is 485 Å². The highest BCUT2D eigenvalue weighted by molar-refractivity contribution is 7.80. The van der Waals surface area contributed by atoms with Gasteiger partial charge >= 0.3 is 11.9 Å². The second-order valence-electron chi connectivity index (χ2n) is 19.8. The molecule has 0 bridgehead atoms. The molecule has 0 heterocycles. The number of carbonyl (C=O) groups excluding carboxylic acids is 9. The van der Waals surface area contributed by atoms with Crippen molar-refractivity contribution in [3.8, 4) is 5.75 Å². The van der Waals surface area contributed by atoms with Crippen LogP contribution in [0, 0.1) is 11.8 Å². The highest BCUT2D eigenvalue weighted by Crippen LogP contribution is 2.15. The molecule has 19 N–H and O–H groups in total. The largest absolute Gasteiger partial charge is 0.508 e. The van der Waals surface area contributed by atoms with Crippen LogP contribution in [-0.2, 0) is 65.6 Å². The van der Waals surface area contributed by atoms with E-state index in [0.29, 0.717) is 17.5 Å². The van der Waals surface area contributed by atoms with Crippen LogP contribution in [0.15, 0.2) is 59.6 Å². The number of aromatic hydroxyl groups is 1. The second kappa shape index (κ2) is 35.9. The zero-order valence-electron chi connectivity index (χ0n) is 46.3. The van der Waals surface area contributed by atoms with Crippen LogP contribution in [0.4, 0.5) is 0 Å². The number of carboxylic acid groups (broad SMARTS) is 2. The molecule has 2 rings (SSSR count). The molecule has 2 aromatic carbocycles. The van der Waals surface area contributed by atoms with E-state index < -0.39 is 150 Å². The number of benzene rings is 2. The zero-order valence-corrected chi connectivity index (χ0v) is 48.0. The highest BCUT2D eigenvalue weighted by atomic mass is 32.1. The average Bonchev–Trinajstić information content (AvgIpc) is 3.44. The summed E-state index contributed by atoms with van der Waals surface area (Å²) in [4.78, 5) is 151. The van der Waals surface area contributed by atoms with E-state index in [2.05, 4.69) is 78.1 Å². The lowest BCUT2D eigenvalue weighted by Gasteiger charge is -2.28. The number of guanidine groups is 1. The molecule has 0 fully saturated rings. The molecule has 0 unspecified atom stereocenters. The molecular formula is C52H79N13O15S2. The lowest BCUT2D eigenvalue weighted by Crippen LogP contribution is -2.61. The first-order valence-corrected chi connectivity index (χ1v) is 27.5. The van der Waals surface area contributed by atoms with E-state index in [0.717, 1.165) is 6.92 Å². The molecule has 0 spiro atoms. The maximum atomic E-state index is 14.3. The summed E-state index contributed by atoms with van der Waals surface area (Å²) in [5, 5.41) is 60.8. The number of aliphatic imine (C=N–C) groups is 1. The third-order valence-corrected chi connectivity index (χ3v) is 13.2. The molecule has 0 aromatic heterocycles. The summed E-state index contributed by atoms with van der Waals surface area (Å²) in [7, 11) is 0. The van der Waals surface area contributed by atoms with Gasteiger partial charge in [-0.3, -0.25) is 52.9 Å². The summed E-state index contributed by atoms with van der Waals surface area (Å²) >= 11 is 8.27. The number of hydrogen-bond acceptors (Lipinski definition) is 17. The Hall–Kier alpha value is -7.70. The van der Waals surface area contributed by atoms with Crippen molar-refractivity contribution in [3.05, 3.63) is 65.7 Å². The number of phenolic OH excluding ortho intramolecular Hbond substituents is 1. The molecule has 28 nitrogen and oxygen atoms in total. The van der Waals surface area contributed by atoms with Gasteiger partial charge in [0.05, 0.1) is 25.1 Å². The van der Waals surface area contributed by atoms with Crippen LogP contribution in [-0.4, -0.2) is 177 Å². The number of nitrogens with two attached hydrogens (primary N) is 3. The van der Waals surface area contributed by atoms with E-state index in [9.17, 15) is 73.2 Å². The van der Waals surface area contributed by atoms with Crippen molar-refractivity contribution in [2.75, 3.05) is 24.6 Å². The van der Waals surface area contributed by atoms with Crippen molar-refractivity contribution in [1.29, 1.82) is 0 Å². The number of phenols is 1. The molecule has 82 heavy (non-hydrogen) atoms. The van der Waals surface area contributed by atoms with Crippen LogP contribution in [0.3, 0.4) is 0 Å². The quantitative estimate of drug-likeness (QED) is 0.0136. The van der Waals surface area contributed by atoms with Crippen LogP contribution < -0.4 is 65.1 Å². The molecule has 0 aliphatic heterocycles. The van der Waals surface area contributed by atoms with E-state index in [4.69, 9.17) is 17.2 Å². The Kier molecular flexibility index (Phi) is 30.8. The van der Waals surface area contributed by atoms with Gasteiger partial charge in [-0.25, -0.2) is 4.79 Å². The van der Waals surface area contributed by atoms with Gasteiger partial charge in [0.25, 0.3) is 0 Å². The lowest BCUT2D eigenvalue weighted by molar-refractivity contribution is -0.145. The van der Waals surface area contributed by atoms with Gasteiger partial charge in [-0.05, 0) is 61.3 Å². The molecule has 9 amide bonds. The van der Waals surface area contributed by atoms with Crippen molar-refractivity contribution in [1.82, 2.24) is 47.9 Å². The van der Waals surface area contributed by atoms with Gasteiger partial charge in [0.2, 0.25) is 53.2 Å². The van der Waals surface area contributed by atoms with Crippen LogP contribution in [0.25, 0.3) is 0 Å². The van der Waals surface area contributed by atoms with Gasteiger partial charge < -0.3 is 85.5 Å². The fraction of sp³-hybridized carbons (Fsp3) is 0.538. The van der Waals surface area contributed by atoms with Crippen LogP contribution in [0.2, 0.25) is 0 Å². The minimum atomic E-state index is -1.93. The van der Waals surface area contributed by atoms with E-state index in [1.807, 2.05) is 13.8 Å². The minimum Gasteiger partial charge on any atom is -0.508 e. The van der Waals surface area contributed by atoms with Crippen molar-refractivity contribution in [2.45, 2.75) is 140 Å². The van der Waals surface area contributed by atoms with Crippen molar-refractivity contribution in [3.63, 3.8) is 0 Å². The summed E-state index contributed by atoms with van der Waals surface area (Å²) in [5.41, 5.74) is 18.0. The molecule has 30 heteroatoms. The number of aliphatic hydroxyl groups excluding tert-OH is 1. The van der Waals surface area contributed by atoms with Crippen molar-refractivity contribution in [2.24, 2.45) is 34.0 Å². The SMILES string of the molecule is CC[C@H](C)[C@H](NC(=O)[C@H](Cc1ccc(O)cc1)NC(=O)[C@H](CC(=O)O)NC(=O)[C@H](CS)NC(=O)[C@H](Cc1ccccc1)NC(=O)[C@H](CCCN=C(N)N)NC(=O)[C@@H](N)CC(C)C)C(=O)NCC(=O)N[C@@H](CS)C(=O)N[C@H](C(=O)O)[C@@H](C)O. The van der Waals surface area contributed by atoms with Crippen LogP contribution in [0.5, 0.6) is 5.75 Å². The van der Waals surface area contributed by atoms with Crippen LogP contribution >= 0.6 is 25.3 Å². The van der Waals surface area contributed by atoms with Gasteiger partial charge in [-0.2, -0.15) is 25.3 Å². The molecule has 11 atom stereocenters. The number of nitrogens with one attached hydrogen (secondary N) is 9. The Balaban J connectivity index is 2.42. The summed E-state index contributed by atoms with van der Waals surface area (Å²) in [6.07, 6.45) is -2.21. The van der Waals surface area contributed by atoms with Crippen LogP contribution in [0.1, 0.15) is 77.8 Å². The number of hydrogen-bond donors (Lipinski definition) is 18. The molecule has 454 valence electrons. The Morgan fingerprint density at radius 2 is 1.05 bits per heavy atom. The molecular weight excluding hydrogens is 1110 g/mol. The van der Waals surface area contributed by atoms with Gasteiger partial charge in [-0.1, -0.05) is 76.6 Å². The zero-order chi connectivity index (χ0) is 61.8. The third kappa shape index (κ3) is 25.4. The molecule has 2 aromatic rings. The molecule has 0 aliphatic rings. The molecule has 0 saturated heterocycles. The van der Waals surface area contributed by atoms with Crippen molar-refractivity contribution < 1.29 is 73.2 Å². The average molecular weight is 1190 g/mol. The van der Waals surface area contributed by atoms with E-state index in [-0.39, 0.29) is 62.0 Å². The number of rotatable bonds is 36. The highest BCUT2D eigenvalue weighted by Gasteiger charge is 2.36. The normalized spacial score (nSPS) is 15.0. The second-order valence-corrected chi connectivity index (χ2v) is 20.5. The number of carbonyl (C=O) groups is 11. The summed E-state index contributed by atoms with van der Waals surface area (Å²) in [6, 6.07) is 0.607. The monoisotopic (exact) mass is 1190 g/mol. The minimum absolute atomic E-state index is 0.0121. The number of nitrogens with zero attached hydrogens (tertiary/aromatic N) is 1. The predicted octanol–water partition coefficient (Wildman–Crippen LogP) is -3.56. The number of thiol groups is 2. The third-order valence-electron chi connectivity index (χ3n) is 12.5. The van der Waals surface area contributed by atoms with E-state index in [1.165, 1.54) is 24.3 Å². The summed E-state index contributed by atoms with van der Waals surface area (Å²) in [5.74, 6) is -13.3. The van der Waals surface area contributed by atoms with E-state index >= 15 is 0 Å². The van der Waals surface area contributed by atoms with E-state index in [1.54, 1.807) is 44.2 Å². The fourth-order valence-corrected chi connectivity index (χ4v) is 8.30. The fourth-order valence-electron chi connectivity index (χ4n) is 7.78. The lowest BCUT2D eigenvalue weighted by atomic mass is 9.97. The first kappa shape index (κ1) is 70.4. The molecule has 0 saturated carbocycles. The number of carboxylic acids is 2. The van der Waals surface area contributed by atoms with Crippen molar-refractivity contribution >= 4 is 96.3 Å². The maximum Gasteiger partial charge on any atom is 0.328 e. The topological polar surface area (TPSA) is 467 Å². The standard InChI is InChI=1S/C52H79N13O15S2/c1-6-27(4)41(50(78)57-23-39(68)58-37(24-81)49(77)65-42(28(5)66)51(79)80)64-47(75)35(21-30-14-16-31(67)17-15-30)61-46(74)36(22-40(69)70)62-48(76)38(25-82)63-45(73)34(20-29-11-8-7-9-12-29)60-44(72)33(13-10-18-56-52(54)55)59-43(71)32(53)19-26(2)3/h7-9,11-12,14-17,26-28,32-38,41-42,66-67,81-82H,6,10,13,18-25,53H2,1-5H3,(H,57,78)(H,58,68)(H,59,71)(H,60,72)(H,61,74)(H,62,76)(H,63,73)(H,64,75)(H,65,77)(H,69,70)(H,79,80)(H4,54,55,56)/t27-,28+,32-,33-,34-,35-,36-,37-,38-,41-,42-/m0/s1. The maximum absolute atomic E-state index is 14.3. The van der Waals surface area contributed by atoms with Gasteiger partial charge in [0, 0.05) is 30.9 Å². The number of amides is 9. The molecule has 0 aliphatic carbocycles. The summed E-state index contributed by atoms with van der Waals surface area (Å²) < 4.78 is 0. The van der Waals surface area contributed by atoms with Gasteiger partial charge in [0.1, 0.15) is 48.0 Å². The predicted molar refractivity (Wildman–Crippen MR) is 306 cm³/mol. The number of aliphatic hydroxyl groups is 1. The Morgan fingerprint density at radius 1 is 0.585 bits per heavy atom. The van der Waals surface area contributed by atoms with Gasteiger partial charge in [-0.15, -0.1) is 0 Å². The first-order chi connectivity index (χ1) is 38.6. The Bertz CT molecular complexity index is 2520. The molecule has 0 radical (unpaired) electrons. The summed E-state index contributed by atoms with van der Waals surface area (Å²) in [6.45, 7) is 7.49. The number of aliphatic carboxylic acids is 2.